The molecule has 0 aliphatic heterocycles. The first-order valence-corrected chi connectivity index (χ1v) is 18.3. The number of alkyl halides is 3. The van der Waals surface area contributed by atoms with Gasteiger partial charge in [-0.15, -0.1) is 0 Å². The summed E-state index contributed by atoms with van der Waals surface area (Å²) in [7, 11) is 0. The fourth-order valence-corrected chi connectivity index (χ4v) is 6.71. The van der Waals surface area contributed by atoms with Crippen molar-refractivity contribution in [1.29, 1.82) is 0 Å². The highest BCUT2D eigenvalue weighted by molar-refractivity contribution is 5.80. The average molecular weight is 780 g/mol. The lowest BCUT2D eigenvalue weighted by molar-refractivity contribution is -0.141. The molecule has 0 fully saturated rings. The van der Waals surface area contributed by atoms with Gasteiger partial charge in [0.05, 0.1) is 34.0 Å². The second-order valence-corrected chi connectivity index (χ2v) is 13.9. The van der Waals surface area contributed by atoms with Crippen LogP contribution in [0.1, 0.15) is 30.9 Å². The summed E-state index contributed by atoms with van der Waals surface area (Å²) in [5.74, 6) is -1.90. The molecule has 8 rings (SSSR count). The Labute approximate surface area is 331 Å². The van der Waals surface area contributed by atoms with Gasteiger partial charge >= 0.3 is 6.18 Å². The predicted octanol–water partition coefficient (Wildman–Crippen LogP) is 12.3. The number of hydrogen-bond donors (Lipinski definition) is 0. The van der Waals surface area contributed by atoms with Crippen molar-refractivity contribution in [2.45, 2.75) is 25.4 Å². The van der Waals surface area contributed by atoms with Gasteiger partial charge in [0.25, 0.3) is 0 Å². The van der Waals surface area contributed by atoms with Crippen LogP contribution in [-0.4, -0.2) is 24.7 Å². The largest absolute Gasteiger partial charge is 0.435 e. The first kappa shape index (κ1) is 37.7. The highest BCUT2D eigenvalue weighted by atomic mass is 19.4. The summed E-state index contributed by atoms with van der Waals surface area (Å²) in [6.07, 6.45) is -3.46. The topological polar surface area (TPSA) is 63.0 Å². The Hall–Kier alpha value is -7.21. The van der Waals surface area contributed by atoms with E-state index < -0.39 is 29.2 Å². The van der Waals surface area contributed by atoms with Gasteiger partial charge in [-0.2, -0.15) is 32.0 Å². The number of para-hydroxylation sites is 4. The minimum Gasteiger partial charge on any atom is -0.310 e. The van der Waals surface area contributed by atoms with Gasteiger partial charge < -0.3 is 9.80 Å². The standard InChI is InChI=1S/C46H34F5N7/c1-45(2,40-28-35(27-38(52-40)37-23-24-42(47)54-44(37)48)57(31-15-7-3-8-16-31)32-17-9-4-10-18-32)41-29-36(30-43(53-41)56-26-25-39(55-56)46(49,50)51)58(33-19-11-5-12-20-33)34-21-13-6-14-22-34/h3-30H,1-2H3. The number of pyridine rings is 3. The lowest BCUT2D eigenvalue weighted by Gasteiger charge is -2.31. The van der Waals surface area contributed by atoms with Crippen molar-refractivity contribution in [1.82, 2.24) is 24.7 Å². The molecule has 4 aromatic carbocycles. The molecule has 0 radical (unpaired) electrons. The van der Waals surface area contributed by atoms with Crippen molar-refractivity contribution < 1.29 is 22.0 Å². The van der Waals surface area contributed by atoms with Gasteiger partial charge in [0.2, 0.25) is 11.9 Å². The zero-order valence-corrected chi connectivity index (χ0v) is 31.2. The van der Waals surface area contributed by atoms with Gasteiger partial charge in [-0.25, -0.2) is 9.67 Å². The number of rotatable bonds is 10. The third kappa shape index (κ3) is 7.64. The van der Waals surface area contributed by atoms with Crippen LogP contribution in [0.3, 0.4) is 0 Å². The zero-order chi connectivity index (χ0) is 40.4. The monoisotopic (exact) mass is 779 g/mol. The molecular formula is C46H34F5N7. The van der Waals surface area contributed by atoms with Crippen LogP contribution in [0.4, 0.5) is 56.1 Å². The number of aromatic nitrogens is 5. The van der Waals surface area contributed by atoms with Crippen molar-refractivity contribution >= 4 is 34.1 Å². The molecule has 8 aromatic rings. The van der Waals surface area contributed by atoms with Gasteiger partial charge in [-0.1, -0.05) is 72.8 Å². The molecule has 4 aromatic heterocycles. The van der Waals surface area contributed by atoms with E-state index in [1.165, 1.54) is 12.3 Å². The molecular weight excluding hydrogens is 746 g/mol. The lowest BCUT2D eigenvalue weighted by Crippen LogP contribution is -2.25. The molecule has 4 heterocycles. The van der Waals surface area contributed by atoms with Gasteiger partial charge in [0.15, 0.2) is 11.5 Å². The molecule has 0 N–H and O–H groups in total. The summed E-state index contributed by atoms with van der Waals surface area (Å²) in [5, 5.41) is 3.88. The molecule has 0 saturated heterocycles. The van der Waals surface area contributed by atoms with Gasteiger partial charge in [-0.3, -0.25) is 4.98 Å². The van der Waals surface area contributed by atoms with E-state index in [9.17, 15) is 17.6 Å². The molecule has 0 aliphatic rings. The minimum atomic E-state index is -4.68. The fraction of sp³-hybridized carbons (Fsp3) is 0.0870. The van der Waals surface area contributed by atoms with Crippen LogP contribution in [-0.2, 0) is 11.6 Å². The van der Waals surface area contributed by atoms with Gasteiger partial charge in [0, 0.05) is 40.4 Å². The summed E-state index contributed by atoms with van der Waals surface area (Å²) < 4.78 is 72.4. The predicted molar refractivity (Wildman–Crippen MR) is 215 cm³/mol. The number of anilines is 6. The molecule has 0 spiro atoms. The highest BCUT2D eigenvalue weighted by Gasteiger charge is 2.35. The molecule has 0 unspecified atom stereocenters. The lowest BCUT2D eigenvalue weighted by atomic mass is 9.83. The van der Waals surface area contributed by atoms with Gasteiger partial charge in [0.1, 0.15) is 0 Å². The summed E-state index contributed by atoms with van der Waals surface area (Å²) >= 11 is 0. The maximum atomic E-state index is 15.5. The SMILES string of the molecule is CC(C)(c1cc(N(c2ccccc2)c2ccccc2)cc(-c2ccc(F)nc2F)n1)c1cc(N(c2ccccc2)c2ccccc2)cc(-n2ccc(C(F)(F)F)n2)n1. The van der Waals surface area contributed by atoms with Crippen LogP contribution >= 0.6 is 0 Å². The van der Waals surface area contributed by atoms with E-state index in [1.54, 1.807) is 12.1 Å². The van der Waals surface area contributed by atoms with E-state index in [2.05, 4.69) is 10.1 Å². The summed E-state index contributed by atoms with van der Waals surface area (Å²) in [5.41, 5.74) is 3.16. The van der Waals surface area contributed by atoms with E-state index in [0.717, 1.165) is 39.6 Å². The van der Waals surface area contributed by atoms with Crippen molar-refractivity contribution in [2.75, 3.05) is 9.80 Å². The van der Waals surface area contributed by atoms with E-state index in [1.807, 2.05) is 157 Å². The zero-order valence-electron chi connectivity index (χ0n) is 31.2. The molecule has 0 aliphatic carbocycles. The maximum Gasteiger partial charge on any atom is 0.435 e. The maximum absolute atomic E-state index is 15.5. The summed E-state index contributed by atoms with van der Waals surface area (Å²) in [4.78, 5) is 17.4. The Kier molecular flexibility index (Phi) is 10.00. The minimum absolute atomic E-state index is 0.0284. The Morgan fingerprint density at radius 2 is 0.948 bits per heavy atom. The number of nitrogens with zero attached hydrogens (tertiary/aromatic N) is 7. The van der Waals surface area contributed by atoms with Crippen LogP contribution in [0, 0.1) is 11.9 Å². The first-order chi connectivity index (χ1) is 28.0. The Morgan fingerprint density at radius 3 is 1.40 bits per heavy atom. The highest BCUT2D eigenvalue weighted by Crippen LogP contribution is 2.42. The summed E-state index contributed by atoms with van der Waals surface area (Å²) in [6, 6.07) is 48.7. The van der Waals surface area contributed by atoms with Crippen LogP contribution in [0.25, 0.3) is 17.1 Å². The molecule has 0 saturated carbocycles. The van der Waals surface area contributed by atoms with E-state index in [-0.39, 0.29) is 17.1 Å². The smallest absolute Gasteiger partial charge is 0.310 e. The number of halogens is 5. The third-order valence-corrected chi connectivity index (χ3v) is 9.67. The molecule has 0 amide bonds. The van der Waals surface area contributed by atoms with Crippen LogP contribution in [0.5, 0.6) is 0 Å². The summed E-state index contributed by atoms with van der Waals surface area (Å²) in [6.45, 7) is 3.76. The Bertz CT molecular complexity index is 2590. The quantitative estimate of drug-likeness (QED) is 0.102. The first-order valence-electron chi connectivity index (χ1n) is 18.3. The number of benzene rings is 4. The fourth-order valence-electron chi connectivity index (χ4n) is 6.71. The normalized spacial score (nSPS) is 11.7. The average Bonchev–Trinajstić information content (AvgIpc) is 3.75. The van der Waals surface area contributed by atoms with Crippen LogP contribution in [0.15, 0.2) is 170 Å². The molecule has 0 bridgehead atoms. The van der Waals surface area contributed by atoms with Crippen LogP contribution < -0.4 is 9.80 Å². The van der Waals surface area contributed by atoms with Gasteiger partial charge in [-0.05, 0) is 98.8 Å². The Morgan fingerprint density at radius 1 is 0.483 bits per heavy atom. The molecule has 12 heteroatoms. The van der Waals surface area contributed by atoms with Crippen molar-refractivity contribution in [3.05, 3.63) is 199 Å². The number of hydrogen-bond acceptors (Lipinski definition) is 6. The second kappa shape index (κ2) is 15.4. The molecule has 7 nitrogen and oxygen atoms in total. The third-order valence-electron chi connectivity index (χ3n) is 9.67. The van der Waals surface area contributed by atoms with E-state index in [0.29, 0.717) is 22.8 Å². The van der Waals surface area contributed by atoms with E-state index in [4.69, 9.17) is 9.97 Å². The van der Waals surface area contributed by atoms with Crippen LogP contribution in [0.2, 0.25) is 0 Å². The van der Waals surface area contributed by atoms with Crippen molar-refractivity contribution in [3.8, 4) is 17.1 Å². The van der Waals surface area contributed by atoms with Crippen molar-refractivity contribution in [2.24, 2.45) is 0 Å². The molecule has 58 heavy (non-hydrogen) atoms. The second-order valence-electron chi connectivity index (χ2n) is 13.9. The molecule has 288 valence electrons. The molecule has 0 atom stereocenters. The Balaban J connectivity index is 1.38. The van der Waals surface area contributed by atoms with E-state index >= 15 is 4.39 Å². The van der Waals surface area contributed by atoms with Crippen molar-refractivity contribution in [3.63, 3.8) is 0 Å².